The van der Waals surface area contributed by atoms with Crippen molar-refractivity contribution in [1.82, 2.24) is 19.4 Å². The molecule has 1 amide bonds. The van der Waals surface area contributed by atoms with Crippen LogP contribution in [0, 0.1) is 5.92 Å². The predicted octanol–water partition coefficient (Wildman–Crippen LogP) is 1.25. The number of hydrogen-bond donors (Lipinski definition) is 0. The first-order chi connectivity index (χ1) is 9.72. The molecule has 1 unspecified atom stereocenters. The number of amides is 1. The Morgan fingerprint density at radius 3 is 2.95 bits per heavy atom. The van der Waals surface area contributed by atoms with Crippen molar-refractivity contribution in [2.75, 3.05) is 26.2 Å². The Morgan fingerprint density at radius 2 is 2.25 bits per heavy atom. The van der Waals surface area contributed by atoms with Crippen molar-refractivity contribution >= 4 is 5.91 Å². The molecule has 1 aromatic rings. The molecule has 1 aromatic heterocycles. The molecule has 0 N–H and O–H groups in total. The highest BCUT2D eigenvalue weighted by Crippen LogP contribution is 2.21. The van der Waals surface area contributed by atoms with E-state index in [-0.39, 0.29) is 0 Å². The highest BCUT2D eigenvalue weighted by Gasteiger charge is 2.27. The van der Waals surface area contributed by atoms with Crippen LogP contribution in [0.5, 0.6) is 0 Å². The third-order valence-corrected chi connectivity index (χ3v) is 4.54. The van der Waals surface area contributed by atoms with Crippen LogP contribution in [-0.4, -0.2) is 51.4 Å². The van der Waals surface area contributed by atoms with E-state index in [0.717, 1.165) is 51.4 Å². The summed E-state index contributed by atoms with van der Waals surface area (Å²) < 4.78 is 2.09. The SMILES string of the molecule is Cn1ccnc1CN1CCCC(CN2CCCC2=O)C1. The standard InChI is InChI=1S/C15H24N4O/c1-17-9-6-16-14(17)12-18-7-2-4-13(10-18)11-19-8-3-5-15(19)20/h6,9,13H,2-5,7-8,10-12H2,1H3. The Kier molecular flexibility index (Phi) is 4.05. The van der Waals surface area contributed by atoms with Crippen molar-refractivity contribution in [3.05, 3.63) is 18.2 Å². The number of hydrogen-bond acceptors (Lipinski definition) is 3. The van der Waals surface area contributed by atoms with Crippen molar-refractivity contribution in [3.8, 4) is 0 Å². The summed E-state index contributed by atoms with van der Waals surface area (Å²) in [7, 11) is 2.05. The van der Waals surface area contributed by atoms with E-state index in [1.54, 1.807) is 0 Å². The fourth-order valence-corrected chi connectivity index (χ4v) is 3.40. The van der Waals surface area contributed by atoms with E-state index in [9.17, 15) is 4.79 Å². The number of carbonyl (C=O) groups is 1. The maximum atomic E-state index is 11.7. The van der Waals surface area contributed by atoms with E-state index in [1.807, 2.05) is 19.4 Å². The minimum Gasteiger partial charge on any atom is -0.342 e. The topological polar surface area (TPSA) is 41.4 Å². The maximum absolute atomic E-state index is 11.7. The third kappa shape index (κ3) is 3.03. The van der Waals surface area contributed by atoms with Crippen LogP contribution in [0.4, 0.5) is 0 Å². The van der Waals surface area contributed by atoms with E-state index < -0.39 is 0 Å². The molecule has 0 aromatic carbocycles. The summed E-state index contributed by atoms with van der Waals surface area (Å²) in [6.45, 7) is 5.09. The molecular formula is C15H24N4O. The maximum Gasteiger partial charge on any atom is 0.222 e. The zero-order valence-electron chi connectivity index (χ0n) is 12.3. The van der Waals surface area contributed by atoms with Crippen molar-refractivity contribution in [3.63, 3.8) is 0 Å². The molecule has 20 heavy (non-hydrogen) atoms. The average molecular weight is 276 g/mol. The lowest BCUT2D eigenvalue weighted by Gasteiger charge is -2.34. The minimum absolute atomic E-state index is 0.353. The van der Waals surface area contributed by atoms with Crippen molar-refractivity contribution < 1.29 is 4.79 Å². The molecule has 1 atom stereocenters. The van der Waals surface area contributed by atoms with E-state index in [2.05, 4.69) is 19.4 Å². The van der Waals surface area contributed by atoms with E-state index in [1.165, 1.54) is 12.8 Å². The summed E-state index contributed by atoms with van der Waals surface area (Å²) in [5, 5.41) is 0. The lowest BCUT2D eigenvalue weighted by molar-refractivity contribution is -0.128. The minimum atomic E-state index is 0.353. The molecule has 0 spiro atoms. The number of aryl methyl sites for hydroxylation is 1. The molecule has 3 rings (SSSR count). The van der Waals surface area contributed by atoms with Crippen LogP contribution in [0.1, 0.15) is 31.5 Å². The number of imidazole rings is 1. The second-order valence-corrected chi connectivity index (χ2v) is 6.14. The van der Waals surface area contributed by atoms with Gasteiger partial charge in [-0.3, -0.25) is 9.69 Å². The second kappa shape index (κ2) is 5.95. The Bertz CT molecular complexity index is 470. The molecule has 2 aliphatic rings. The van der Waals surface area contributed by atoms with Gasteiger partial charge in [-0.1, -0.05) is 0 Å². The van der Waals surface area contributed by atoms with Gasteiger partial charge in [0.05, 0.1) is 6.54 Å². The van der Waals surface area contributed by atoms with Crippen LogP contribution < -0.4 is 0 Å². The van der Waals surface area contributed by atoms with Gasteiger partial charge < -0.3 is 9.47 Å². The zero-order chi connectivity index (χ0) is 13.9. The molecule has 110 valence electrons. The predicted molar refractivity (Wildman–Crippen MR) is 77.0 cm³/mol. The highest BCUT2D eigenvalue weighted by molar-refractivity contribution is 5.78. The number of carbonyl (C=O) groups excluding carboxylic acids is 1. The number of rotatable bonds is 4. The summed E-state index contributed by atoms with van der Waals surface area (Å²) in [4.78, 5) is 20.7. The van der Waals surface area contributed by atoms with Gasteiger partial charge in [0.2, 0.25) is 5.91 Å². The van der Waals surface area contributed by atoms with Gasteiger partial charge >= 0.3 is 0 Å². The van der Waals surface area contributed by atoms with Crippen LogP contribution in [0.3, 0.4) is 0 Å². The molecule has 2 fully saturated rings. The Morgan fingerprint density at radius 1 is 1.35 bits per heavy atom. The molecule has 5 nitrogen and oxygen atoms in total. The van der Waals surface area contributed by atoms with E-state index in [4.69, 9.17) is 0 Å². The molecule has 3 heterocycles. The molecule has 2 aliphatic heterocycles. The molecule has 2 saturated heterocycles. The quantitative estimate of drug-likeness (QED) is 0.831. The lowest BCUT2D eigenvalue weighted by Crippen LogP contribution is -2.41. The van der Waals surface area contributed by atoms with Crippen molar-refractivity contribution in [2.24, 2.45) is 13.0 Å². The van der Waals surface area contributed by atoms with Crippen molar-refractivity contribution in [2.45, 2.75) is 32.2 Å². The smallest absolute Gasteiger partial charge is 0.222 e. The van der Waals surface area contributed by atoms with Crippen LogP contribution in [-0.2, 0) is 18.4 Å². The number of piperidine rings is 1. The van der Waals surface area contributed by atoms with Crippen LogP contribution in [0.25, 0.3) is 0 Å². The molecular weight excluding hydrogens is 252 g/mol. The molecule has 0 saturated carbocycles. The van der Waals surface area contributed by atoms with Gasteiger partial charge in [-0.05, 0) is 31.7 Å². The van der Waals surface area contributed by atoms with E-state index in [0.29, 0.717) is 11.8 Å². The molecule has 0 aliphatic carbocycles. The van der Waals surface area contributed by atoms with Crippen LogP contribution in [0.2, 0.25) is 0 Å². The van der Waals surface area contributed by atoms with Gasteiger partial charge in [0.25, 0.3) is 0 Å². The Hall–Kier alpha value is -1.36. The first-order valence-corrected chi connectivity index (χ1v) is 7.68. The Labute approximate surface area is 120 Å². The van der Waals surface area contributed by atoms with Gasteiger partial charge in [0.1, 0.15) is 5.82 Å². The number of likely N-dealkylation sites (tertiary alicyclic amines) is 2. The largest absolute Gasteiger partial charge is 0.342 e. The van der Waals surface area contributed by atoms with Crippen LogP contribution in [0.15, 0.2) is 12.4 Å². The Balaban J connectivity index is 1.54. The van der Waals surface area contributed by atoms with Crippen molar-refractivity contribution in [1.29, 1.82) is 0 Å². The number of nitrogens with zero attached hydrogens (tertiary/aromatic N) is 4. The average Bonchev–Trinajstić information content (AvgIpc) is 3.01. The normalized spacial score (nSPS) is 24.6. The number of aromatic nitrogens is 2. The monoisotopic (exact) mass is 276 g/mol. The summed E-state index contributed by atoms with van der Waals surface area (Å²) in [5.74, 6) is 2.11. The third-order valence-electron chi connectivity index (χ3n) is 4.54. The summed E-state index contributed by atoms with van der Waals surface area (Å²) in [6, 6.07) is 0. The first kappa shape index (κ1) is 13.6. The van der Waals surface area contributed by atoms with Gasteiger partial charge in [-0.15, -0.1) is 0 Å². The van der Waals surface area contributed by atoms with E-state index >= 15 is 0 Å². The fraction of sp³-hybridized carbons (Fsp3) is 0.733. The van der Waals surface area contributed by atoms with Gasteiger partial charge in [0.15, 0.2) is 0 Å². The van der Waals surface area contributed by atoms with Gasteiger partial charge in [-0.25, -0.2) is 4.98 Å². The summed E-state index contributed by atoms with van der Waals surface area (Å²) in [5.41, 5.74) is 0. The molecule has 0 radical (unpaired) electrons. The van der Waals surface area contributed by atoms with Crippen LogP contribution >= 0.6 is 0 Å². The summed E-state index contributed by atoms with van der Waals surface area (Å²) >= 11 is 0. The zero-order valence-corrected chi connectivity index (χ0v) is 12.3. The first-order valence-electron chi connectivity index (χ1n) is 7.68. The van der Waals surface area contributed by atoms with Gasteiger partial charge in [0, 0.05) is 45.5 Å². The molecule has 0 bridgehead atoms. The second-order valence-electron chi connectivity index (χ2n) is 6.14. The lowest BCUT2D eigenvalue weighted by atomic mass is 9.97. The molecule has 5 heteroatoms. The fourth-order valence-electron chi connectivity index (χ4n) is 3.40. The highest BCUT2D eigenvalue weighted by atomic mass is 16.2. The summed E-state index contributed by atoms with van der Waals surface area (Å²) in [6.07, 6.45) is 8.14. The van der Waals surface area contributed by atoms with Gasteiger partial charge in [-0.2, -0.15) is 0 Å².